The van der Waals surface area contributed by atoms with E-state index in [1.165, 1.54) is 6.42 Å². The number of alkyl halides is 1. The predicted molar refractivity (Wildman–Crippen MR) is 74.9 cm³/mol. The molecule has 0 spiro atoms. The fourth-order valence-corrected chi connectivity index (χ4v) is 2.84. The summed E-state index contributed by atoms with van der Waals surface area (Å²) in [6, 6.07) is 10.3. The van der Waals surface area contributed by atoms with Crippen LogP contribution in [0.5, 0.6) is 0 Å². The summed E-state index contributed by atoms with van der Waals surface area (Å²) in [4.78, 5) is 2.23. The molecule has 0 radical (unpaired) electrons. The quantitative estimate of drug-likeness (QED) is 0.808. The zero-order valence-electron chi connectivity index (χ0n) is 10.6. The van der Waals surface area contributed by atoms with Gasteiger partial charge in [0, 0.05) is 18.5 Å². The number of aromatic nitrogens is 4. The molecule has 0 amide bonds. The molecule has 2 heterocycles. The molecular formula is C13H16ClN5. The predicted octanol–water partition coefficient (Wildman–Crippen LogP) is 2.26. The van der Waals surface area contributed by atoms with Crippen LogP contribution < -0.4 is 4.90 Å². The van der Waals surface area contributed by atoms with E-state index in [4.69, 9.17) is 11.6 Å². The van der Waals surface area contributed by atoms with Crippen molar-refractivity contribution in [2.45, 2.75) is 25.3 Å². The molecule has 2 aromatic rings. The van der Waals surface area contributed by atoms with Gasteiger partial charge in [-0.15, -0.1) is 11.6 Å². The van der Waals surface area contributed by atoms with E-state index in [0.29, 0.717) is 11.9 Å². The van der Waals surface area contributed by atoms with Gasteiger partial charge in [-0.3, -0.25) is 0 Å². The Bertz CT molecular complexity index is 527. The van der Waals surface area contributed by atoms with Crippen LogP contribution in [0, 0.1) is 0 Å². The fraction of sp³-hybridized carbons (Fsp3) is 0.462. The van der Waals surface area contributed by atoms with E-state index < -0.39 is 0 Å². The summed E-state index contributed by atoms with van der Waals surface area (Å²) in [6.45, 7) is 0.963. The highest BCUT2D eigenvalue weighted by Crippen LogP contribution is 2.24. The Labute approximate surface area is 117 Å². The Kier molecular flexibility index (Phi) is 3.64. The third-order valence-corrected chi connectivity index (χ3v) is 3.87. The van der Waals surface area contributed by atoms with Crippen LogP contribution in [-0.4, -0.2) is 38.7 Å². The van der Waals surface area contributed by atoms with Crippen molar-refractivity contribution in [3.63, 3.8) is 0 Å². The van der Waals surface area contributed by atoms with Gasteiger partial charge in [0.2, 0.25) is 0 Å². The highest BCUT2D eigenvalue weighted by molar-refractivity contribution is 6.18. The van der Waals surface area contributed by atoms with Gasteiger partial charge in [0.25, 0.3) is 5.95 Å². The molecule has 1 unspecified atom stereocenters. The van der Waals surface area contributed by atoms with Crippen LogP contribution in [0.15, 0.2) is 30.3 Å². The average Bonchev–Trinajstić information content (AvgIpc) is 2.97. The second-order valence-electron chi connectivity index (χ2n) is 4.72. The molecule has 1 aromatic carbocycles. The van der Waals surface area contributed by atoms with Crippen LogP contribution in [0.25, 0.3) is 5.69 Å². The number of rotatable bonds is 3. The zero-order chi connectivity index (χ0) is 13.1. The highest BCUT2D eigenvalue weighted by Gasteiger charge is 2.26. The summed E-state index contributed by atoms with van der Waals surface area (Å²) in [5, 5.41) is 12.1. The molecule has 19 heavy (non-hydrogen) atoms. The Morgan fingerprint density at radius 3 is 2.84 bits per heavy atom. The van der Waals surface area contributed by atoms with Crippen LogP contribution >= 0.6 is 11.6 Å². The van der Waals surface area contributed by atoms with Crippen LogP contribution in [0.4, 0.5) is 5.95 Å². The van der Waals surface area contributed by atoms with Crippen LogP contribution in [0.1, 0.15) is 19.3 Å². The van der Waals surface area contributed by atoms with Crippen LogP contribution in [0.2, 0.25) is 0 Å². The second kappa shape index (κ2) is 5.57. The SMILES string of the molecule is ClCC1CCCCN1c1nnnn1-c1ccccc1. The van der Waals surface area contributed by atoms with Crippen molar-refractivity contribution >= 4 is 17.5 Å². The smallest absolute Gasteiger partial charge is 0.250 e. The lowest BCUT2D eigenvalue weighted by atomic mass is 10.0. The molecule has 5 nitrogen and oxygen atoms in total. The second-order valence-corrected chi connectivity index (χ2v) is 5.03. The van der Waals surface area contributed by atoms with E-state index in [-0.39, 0.29) is 0 Å². The zero-order valence-corrected chi connectivity index (χ0v) is 11.4. The normalized spacial score (nSPS) is 19.6. The fourth-order valence-electron chi connectivity index (χ4n) is 2.52. The maximum Gasteiger partial charge on any atom is 0.250 e. The lowest BCUT2D eigenvalue weighted by Crippen LogP contribution is -2.42. The molecular weight excluding hydrogens is 262 g/mol. The number of hydrogen-bond acceptors (Lipinski definition) is 4. The first-order valence-electron chi connectivity index (χ1n) is 6.56. The van der Waals surface area contributed by atoms with E-state index in [9.17, 15) is 0 Å². The molecule has 3 rings (SSSR count). The minimum Gasteiger partial charge on any atom is -0.335 e. The summed E-state index contributed by atoms with van der Waals surface area (Å²) in [7, 11) is 0. The van der Waals surface area contributed by atoms with E-state index in [1.807, 2.05) is 30.3 Å². The van der Waals surface area contributed by atoms with Gasteiger partial charge in [0.15, 0.2) is 0 Å². The number of para-hydroxylation sites is 1. The first-order valence-corrected chi connectivity index (χ1v) is 7.10. The van der Waals surface area contributed by atoms with Crippen molar-refractivity contribution in [1.29, 1.82) is 0 Å². The average molecular weight is 278 g/mol. The molecule has 0 aliphatic carbocycles. The molecule has 0 N–H and O–H groups in total. The van der Waals surface area contributed by atoms with E-state index in [1.54, 1.807) is 4.68 Å². The minimum atomic E-state index is 0.323. The van der Waals surface area contributed by atoms with Gasteiger partial charge in [0.1, 0.15) is 0 Å². The van der Waals surface area contributed by atoms with Crippen molar-refractivity contribution in [2.75, 3.05) is 17.3 Å². The molecule has 1 atom stereocenters. The molecule has 1 aliphatic heterocycles. The lowest BCUT2D eigenvalue weighted by molar-refractivity contribution is 0.477. The third-order valence-electron chi connectivity index (χ3n) is 3.52. The van der Waals surface area contributed by atoms with Crippen molar-refractivity contribution in [1.82, 2.24) is 20.2 Å². The third kappa shape index (κ3) is 2.42. The molecule has 100 valence electrons. The van der Waals surface area contributed by atoms with E-state index >= 15 is 0 Å². The van der Waals surface area contributed by atoms with Crippen molar-refractivity contribution < 1.29 is 0 Å². The minimum absolute atomic E-state index is 0.323. The number of anilines is 1. The van der Waals surface area contributed by atoms with Gasteiger partial charge in [0.05, 0.1) is 5.69 Å². The lowest BCUT2D eigenvalue weighted by Gasteiger charge is -2.34. The van der Waals surface area contributed by atoms with Gasteiger partial charge in [-0.1, -0.05) is 23.3 Å². The molecule has 1 aromatic heterocycles. The Morgan fingerprint density at radius 1 is 1.21 bits per heavy atom. The van der Waals surface area contributed by atoms with Gasteiger partial charge >= 0.3 is 0 Å². The first kappa shape index (κ1) is 12.4. The number of piperidine rings is 1. The number of nitrogens with zero attached hydrogens (tertiary/aromatic N) is 5. The van der Waals surface area contributed by atoms with Gasteiger partial charge < -0.3 is 4.90 Å². The number of halogens is 1. The monoisotopic (exact) mass is 277 g/mol. The van der Waals surface area contributed by atoms with Crippen molar-refractivity contribution in [2.24, 2.45) is 0 Å². The van der Waals surface area contributed by atoms with Crippen LogP contribution in [0.3, 0.4) is 0 Å². The highest BCUT2D eigenvalue weighted by atomic mass is 35.5. The number of benzene rings is 1. The molecule has 1 saturated heterocycles. The molecule has 1 fully saturated rings. The summed E-state index contributed by atoms with van der Waals surface area (Å²) in [5.41, 5.74) is 0.974. The van der Waals surface area contributed by atoms with Crippen molar-refractivity contribution in [3.05, 3.63) is 30.3 Å². The summed E-state index contributed by atoms with van der Waals surface area (Å²) in [6.07, 6.45) is 3.49. The summed E-state index contributed by atoms with van der Waals surface area (Å²) < 4.78 is 1.78. The maximum absolute atomic E-state index is 6.07. The van der Waals surface area contributed by atoms with Gasteiger partial charge in [-0.05, 0) is 41.8 Å². The maximum atomic E-state index is 6.07. The number of tetrazole rings is 1. The van der Waals surface area contributed by atoms with Gasteiger partial charge in [-0.2, -0.15) is 4.68 Å². The summed E-state index contributed by atoms with van der Waals surface area (Å²) >= 11 is 6.07. The Hall–Kier alpha value is -1.62. The van der Waals surface area contributed by atoms with E-state index in [2.05, 4.69) is 20.4 Å². The van der Waals surface area contributed by atoms with Crippen LogP contribution in [-0.2, 0) is 0 Å². The molecule has 0 saturated carbocycles. The first-order chi connectivity index (χ1) is 9.40. The largest absolute Gasteiger partial charge is 0.335 e. The molecule has 0 bridgehead atoms. The molecule has 6 heteroatoms. The Morgan fingerprint density at radius 2 is 2.05 bits per heavy atom. The van der Waals surface area contributed by atoms with E-state index in [0.717, 1.165) is 31.0 Å². The van der Waals surface area contributed by atoms with Gasteiger partial charge in [-0.25, -0.2) is 0 Å². The summed E-state index contributed by atoms with van der Waals surface area (Å²) in [5.74, 6) is 1.40. The molecule has 1 aliphatic rings. The topological polar surface area (TPSA) is 46.8 Å². The Balaban J connectivity index is 1.95. The standard InChI is InChI=1S/C13H16ClN5/c14-10-12-8-4-5-9-18(12)13-15-16-17-19(13)11-6-2-1-3-7-11/h1-3,6-7,12H,4-5,8-10H2. The van der Waals surface area contributed by atoms with Crippen molar-refractivity contribution in [3.8, 4) is 5.69 Å². The number of hydrogen-bond donors (Lipinski definition) is 0.